The van der Waals surface area contributed by atoms with E-state index < -0.39 is 0 Å². The summed E-state index contributed by atoms with van der Waals surface area (Å²) in [6, 6.07) is 0.659. The molecule has 2 nitrogen and oxygen atoms in total. The zero-order valence-electron chi connectivity index (χ0n) is 9.21. The number of nitrogens with zero attached hydrogens (tertiary/aromatic N) is 1. The Morgan fingerprint density at radius 2 is 2.00 bits per heavy atom. The van der Waals surface area contributed by atoms with Crippen LogP contribution in [0.5, 0.6) is 0 Å². The highest BCUT2D eigenvalue weighted by molar-refractivity contribution is 4.93. The molecule has 1 atom stereocenters. The molecular weight excluding hydrogens is 162 g/mol. The fourth-order valence-electron chi connectivity index (χ4n) is 2.61. The fourth-order valence-corrected chi connectivity index (χ4v) is 2.61. The molecule has 1 N–H and O–H groups in total. The molecule has 1 aliphatic heterocycles. The van der Waals surface area contributed by atoms with E-state index in [1.54, 1.807) is 0 Å². The van der Waals surface area contributed by atoms with E-state index in [9.17, 15) is 5.11 Å². The minimum absolute atomic E-state index is 0.0654. The maximum atomic E-state index is 9.51. The normalized spacial score (nSPS) is 25.4. The van der Waals surface area contributed by atoms with Crippen LogP contribution in [-0.2, 0) is 0 Å². The summed E-state index contributed by atoms with van der Waals surface area (Å²) in [6.07, 6.45) is 4.71. The second-order valence-corrected chi connectivity index (χ2v) is 4.27. The number of hydrogen-bond donors (Lipinski definition) is 1. The van der Waals surface area contributed by atoms with Gasteiger partial charge >= 0.3 is 0 Å². The Morgan fingerprint density at radius 3 is 2.31 bits per heavy atom. The van der Waals surface area contributed by atoms with Gasteiger partial charge in [0.15, 0.2) is 0 Å². The highest BCUT2D eigenvalue weighted by Crippen LogP contribution is 2.31. The molecule has 1 fully saturated rings. The van der Waals surface area contributed by atoms with Crippen molar-refractivity contribution < 1.29 is 5.11 Å². The van der Waals surface area contributed by atoms with Crippen LogP contribution < -0.4 is 0 Å². The van der Waals surface area contributed by atoms with Gasteiger partial charge in [-0.1, -0.05) is 13.8 Å². The van der Waals surface area contributed by atoms with Crippen molar-refractivity contribution in [3.8, 4) is 0 Å². The van der Waals surface area contributed by atoms with Crippen LogP contribution in [-0.4, -0.2) is 34.7 Å². The third kappa shape index (κ3) is 1.89. The van der Waals surface area contributed by atoms with Crippen LogP contribution in [0.2, 0.25) is 0 Å². The summed E-state index contributed by atoms with van der Waals surface area (Å²) >= 11 is 0. The number of aliphatic hydroxyl groups is 1. The molecule has 0 saturated carbocycles. The standard InChI is InChI=1S/C11H23NO/c1-4-11(5-2,9-13)12-8-6-7-10(12)3/h10,13H,4-9H2,1-3H3. The maximum Gasteiger partial charge on any atom is 0.0615 e. The molecule has 0 aliphatic carbocycles. The quantitative estimate of drug-likeness (QED) is 0.724. The summed E-state index contributed by atoms with van der Waals surface area (Å²) in [6.45, 7) is 8.13. The topological polar surface area (TPSA) is 23.5 Å². The summed E-state index contributed by atoms with van der Waals surface area (Å²) in [5, 5.41) is 9.51. The Bertz CT molecular complexity index is 146. The molecule has 0 spiro atoms. The van der Waals surface area contributed by atoms with Crippen molar-refractivity contribution >= 4 is 0 Å². The highest BCUT2D eigenvalue weighted by Gasteiger charge is 2.37. The Labute approximate surface area is 81.9 Å². The van der Waals surface area contributed by atoms with E-state index in [1.165, 1.54) is 19.4 Å². The average molecular weight is 185 g/mol. The molecule has 1 heterocycles. The molecule has 13 heavy (non-hydrogen) atoms. The summed E-state index contributed by atoms with van der Waals surface area (Å²) in [4.78, 5) is 2.51. The first-order valence-corrected chi connectivity index (χ1v) is 5.57. The molecular formula is C11H23NO. The van der Waals surface area contributed by atoms with Crippen LogP contribution >= 0.6 is 0 Å². The van der Waals surface area contributed by atoms with Gasteiger partial charge < -0.3 is 5.11 Å². The predicted octanol–water partition coefficient (Wildman–Crippen LogP) is 2.02. The Balaban J connectivity index is 2.73. The summed E-state index contributed by atoms with van der Waals surface area (Å²) in [7, 11) is 0. The lowest BCUT2D eigenvalue weighted by molar-refractivity contribution is 0.0174. The largest absolute Gasteiger partial charge is 0.394 e. The second-order valence-electron chi connectivity index (χ2n) is 4.27. The van der Waals surface area contributed by atoms with E-state index in [0.717, 1.165) is 12.8 Å². The first-order valence-electron chi connectivity index (χ1n) is 5.57. The highest BCUT2D eigenvalue weighted by atomic mass is 16.3. The third-order valence-electron chi connectivity index (χ3n) is 3.77. The average Bonchev–Trinajstić information content (AvgIpc) is 2.57. The number of likely N-dealkylation sites (tertiary alicyclic amines) is 1. The van der Waals surface area contributed by atoms with Gasteiger partial charge in [0.1, 0.15) is 0 Å². The SMILES string of the molecule is CCC(CC)(CO)N1CCCC1C. The van der Waals surface area contributed by atoms with Crippen LogP contribution in [0.1, 0.15) is 46.5 Å². The second kappa shape index (κ2) is 4.43. The minimum Gasteiger partial charge on any atom is -0.394 e. The number of hydrogen-bond acceptors (Lipinski definition) is 2. The predicted molar refractivity (Wildman–Crippen MR) is 55.8 cm³/mol. The maximum absolute atomic E-state index is 9.51. The molecule has 78 valence electrons. The molecule has 2 heteroatoms. The van der Waals surface area contributed by atoms with Crippen molar-refractivity contribution in [1.82, 2.24) is 4.90 Å². The van der Waals surface area contributed by atoms with Gasteiger partial charge in [-0.15, -0.1) is 0 Å². The van der Waals surface area contributed by atoms with E-state index in [-0.39, 0.29) is 5.54 Å². The zero-order valence-corrected chi connectivity index (χ0v) is 9.21. The molecule has 1 aliphatic rings. The fraction of sp³-hybridized carbons (Fsp3) is 1.00. The lowest BCUT2D eigenvalue weighted by atomic mass is 9.91. The van der Waals surface area contributed by atoms with Crippen LogP contribution in [0.3, 0.4) is 0 Å². The summed E-state index contributed by atoms with van der Waals surface area (Å²) in [5.41, 5.74) is 0.0654. The third-order valence-corrected chi connectivity index (χ3v) is 3.77. The van der Waals surface area contributed by atoms with Gasteiger partial charge in [0, 0.05) is 11.6 Å². The van der Waals surface area contributed by atoms with Crippen LogP contribution in [0, 0.1) is 0 Å². The van der Waals surface area contributed by atoms with Gasteiger partial charge in [-0.3, -0.25) is 4.90 Å². The van der Waals surface area contributed by atoms with Crippen molar-refractivity contribution in [2.75, 3.05) is 13.2 Å². The first kappa shape index (κ1) is 11.0. The molecule has 0 aromatic heterocycles. The smallest absolute Gasteiger partial charge is 0.0615 e. The molecule has 1 saturated heterocycles. The van der Waals surface area contributed by atoms with Gasteiger partial charge in [-0.25, -0.2) is 0 Å². The van der Waals surface area contributed by atoms with E-state index in [0.29, 0.717) is 12.6 Å². The van der Waals surface area contributed by atoms with Crippen molar-refractivity contribution in [2.45, 2.75) is 58.0 Å². The van der Waals surface area contributed by atoms with Crippen molar-refractivity contribution in [2.24, 2.45) is 0 Å². The molecule has 0 aromatic carbocycles. The molecule has 0 amide bonds. The Hall–Kier alpha value is -0.0800. The van der Waals surface area contributed by atoms with Crippen molar-refractivity contribution in [3.63, 3.8) is 0 Å². The van der Waals surface area contributed by atoms with Gasteiger partial charge in [0.2, 0.25) is 0 Å². The van der Waals surface area contributed by atoms with Gasteiger partial charge in [-0.2, -0.15) is 0 Å². The van der Waals surface area contributed by atoms with Gasteiger partial charge in [-0.05, 0) is 39.2 Å². The lowest BCUT2D eigenvalue weighted by Gasteiger charge is -2.42. The van der Waals surface area contributed by atoms with Crippen LogP contribution in [0.15, 0.2) is 0 Å². The van der Waals surface area contributed by atoms with E-state index >= 15 is 0 Å². The van der Waals surface area contributed by atoms with Gasteiger partial charge in [0.05, 0.1) is 6.61 Å². The molecule has 1 unspecified atom stereocenters. The number of aliphatic hydroxyl groups excluding tert-OH is 1. The Morgan fingerprint density at radius 1 is 1.38 bits per heavy atom. The van der Waals surface area contributed by atoms with E-state index in [1.807, 2.05) is 0 Å². The Kier molecular flexibility index (Phi) is 3.74. The summed E-state index contributed by atoms with van der Waals surface area (Å²) < 4.78 is 0. The summed E-state index contributed by atoms with van der Waals surface area (Å²) in [5.74, 6) is 0. The van der Waals surface area contributed by atoms with Gasteiger partial charge in [0.25, 0.3) is 0 Å². The van der Waals surface area contributed by atoms with Crippen molar-refractivity contribution in [3.05, 3.63) is 0 Å². The van der Waals surface area contributed by atoms with Crippen LogP contribution in [0.4, 0.5) is 0 Å². The molecule has 1 rings (SSSR count). The molecule has 0 bridgehead atoms. The minimum atomic E-state index is 0.0654. The van der Waals surface area contributed by atoms with E-state index in [2.05, 4.69) is 25.7 Å². The molecule has 0 aromatic rings. The molecule has 0 radical (unpaired) electrons. The zero-order chi connectivity index (χ0) is 9.90. The van der Waals surface area contributed by atoms with Crippen LogP contribution in [0.25, 0.3) is 0 Å². The first-order chi connectivity index (χ1) is 6.20. The monoisotopic (exact) mass is 185 g/mol. The van der Waals surface area contributed by atoms with E-state index in [4.69, 9.17) is 0 Å². The number of rotatable bonds is 4. The lowest BCUT2D eigenvalue weighted by Crippen LogP contribution is -2.52. The van der Waals surface area contributed by atoms with Crippen molar-refractivity contribution in [1.29, 1.82) is 0 Å².